The van der Waals surface area contributed by atoms with Crippen molar-refractivity contribution in [3.63, 3.8) is 0 Å². The summed E-state index contributed by atoms with van der Waals surface area (Å²) in [5.74, 6) is 0.474. The normalized spacial score (nSPS) is 14.2. The third kappa shape index (κ3) is 5.43. The lowest BCUT2D eigenvalue weighted by Gasteiger charge is -2.31. The van der Waals surface area contributed by atoms with Gasteiger partial charge in [-0.2, -0.15) is 0 Å². The van der Waals surface area contributed by atoms with Crippen LogP contribution in [0.5, 0.6) is 11.5 Å². The van der Waals surface area contributed by atoms with Crippen LogP contribution >= 0.6 is 0 Å². The Morgan fingerprint density at radius 2 is 1.72 bits per heavy atom. The van der Waals surface area contributed by atoms with Crippen molar-refractivity contribution in [1.82, 2.24) is 10.6 Å². The Labute approximate surface area is 189 Å². The molecular weight excluding hydrogens is 432 g/mol. The van der Waals surface area contributed by atoms with E-state index in [9.17, 15) is 13.2 Å². The molecular formula is C22H30N4O5S. The number of hydrogen-bond acceptors (Lipinski definition) is 7. The van der Waals surface area contributed by atoms with Crippen molar-refractivity contribution in [2.75, 3.05) is 50.0 Å². The number of benzene rings is 2. The van der Waals surface area contributed by atoms with Crippen LogP contribution in [0.2, 0.25) is 0 Å². The highest BCUT2D eigenvalue weighted by Gasteiger charge is 2.22. The topological polar surface area (TPSA) is 109 Å². The van der Waals surface area contributed by atoms with Crippen LogP contribution in [0.3, 0.4) is 0 Å². The number of methoxy groups -OCH3 is 2. The number of hydrogen-bond donors (Lipinski definition) is 3. The van der Waals surface area contributed by atoms with Crippen LogP contribution in [0.1, 0.15) is 24.2 Å². The van der Waals surface area contributed by atoms with Gasteiger partial charge in [0, 0.05) is 43.9 Å². The summed E-state index contributed by atoms with van der Waals surface area (Å²) in [6.45, 7) is 6.77. The number of amides is 1. The second-order valence-electron chi connectivity index (χ2n) is 7.72. The Balaban J connectivity index is 2.00. The van der Waals surface area contributed by atoms with Gasteiger partial charge < -0.3 is 25.0 Å². The van der Waals surface area contributed by atoms with Crippen LogP contribution in [0.25, 0.3) is 0 Å². The molecule has 3 rings (SSSR count). The zero-order chi connectivity index (χ0) is 23.3. The maximum Gasteiger partial charge on any atom is 0.262 e. The highest BCUT2D eigenvalue weighted by molar-refractivity contribution is 7.92. The van der Waals surface area contributed by atoms with Crippen molar-refractivity contribution in [3.8, 4) is 11.5 Å². The second kappa shape index (κ2) is 10.1. The molecule has 1 aliphatic rings. The average molecular weight is 463 g/mol. The smallest absolute Gasteiger partial charge is 0.262 e. The first-order valence-corrected chi connectivity index (χ1v) is 11.9. The number of carbonyl (C=O) groups is 1. The van der Waals surface area contributed by atoms with Crippen LogP contribution in [0, 0.1) is 0 Å². The highest BCUT2D eigenvalue weighted by Crippen LogP contribution is 2.33. The zero-order valence-corrected chi connectivity index (χ0v) is 19.6. The van der Waals surface area contributed by atoms with Gasteiger partial charge in [0.05, 0.1) is 30.5 Å². The van der Waals surface area contributed by atoms with Crippen molar-refractivity contribution in [2.24, 2.45) is 0 Å². The summed E-state index contributed by atoms with van der Waals surface area (Å²) in [6.07, 6.45) is 0. The molecule has 9 nitrogen and oxygen atoms in total. The number of carbonyl (C=O) groups excluding carboxylic acids is 1. The predicted octanol–water partition coefficient (Wildman–Crippen LogP) is 2.05. The summed E-state index contributed by atoms with van der Waals surface area (Å²) in [4.78, 5) is 14.7. The number of piperazine rings is 1. The van der Waals surface area contributed by atoms with E-state index in [1.807, 2.05) is 13.8 Å². The van der Waals surface area contributed by atoms with Crippen molar-refractivity contribution < 1.29 is 22.7 Å². The molecule has 1 amide bonds. The first-order valence-electron chi connectivity index (χ1n) is 10.4. The molecule has 0 spiro atoms. The fourth-order valence-electron chi connectivity index (χ4n) is 3.47. The molecule has 1 saturated heterocycles. The molecule has 2 aromatic carbocycles. The molecule has 10 heteroatoms. The molecule has 1 heterocycles. The molecule has 0 saturated carbocycles. The van der Waals surface area contributed by atoms with Gasteiger partial charge in [-0.15, -0.1) is 0 Å². The van der Waals surface area contributed by atoms with Gasteiger partial charge in [0.1, 0.15) is 0 Å². The maximum absolute atomic E-state index is 13.2. The molecule has 174 valence electrons. The lowest BCUT2D eigenvalue weighted by molar-refractivity contribution is 0.0943. The van der Waals surface area contributed by atoms with Gasteiger partial charge in [-0.1, -0.05) is 0 Å². The number of rotatable bonds is 8. The monoisotopic (exact) mass is 462 g/mol. The van der Waals surface area contributed by atoms with E-state index in [1.54, 1.807) is 18.2 Å². The van der Waals surface area contributed by atoms with E-state index in [4.69, 9.17) is 9.47 Å². The molecule has 32 heavy (non-hydrogen) atoms. The standard InChI is InChI=1S/C22H30N4O5S/c1-15(2)24-22(27)16-5-7-19(26-11-9-23-10-12-26)18(13-16)25-32(28,29)17-6-8-20(30-3)21(14-17)31-4/h5-8,13-15,23,25H,9-12H2,1-4H3,(H,24,27). The third-order valence-electron chi connectivity index (χ3n) is 5.05. The average Bonchev–Trinajstić information content (AvgIpc) is 2.78. The molecule has 0 aromatic heterocycles. The van der Waals surface area contributed by atoms with Crippen LogP contribution in [0.15, 0.2) is 41.3 Å². The number of sulfonamides is 1. The third-order valence-corrected chi connectivity index (χ3v) is 6.41. The van der Waals surface area contributed by atoms with E-state index in [0.717, 1.165) is 31.9 Å². The van der Waals surface area contributed by atoms with Gasteiger partial charge in [-0.05, 0) is 44.2 Å². The van der Waals surface area contributed by atoms with Crippen molar-refractivity contribution in [2.45, 2.75) is 24.8 Å². The molecule has 0 bridgehead atoms. The van der Waals surface area contributed by atoms with E-state index in [1.165, 1.54) is 32.4 Å². The minimum absolute atomic E-state index is 0.0263. The van der Waals surface area contributed by atoms with Gasteiger partial charge in [0.15, 0.2) is 11.5 Å². The molecule has 1 fully saturated rings. The largest absolute Gasteiger partial charge is 0.493 e. The van der Waals surface area contributed by atoms with Gasteiger partial charge in [0.25, 0.3) is 15.9 Å². The number of nitrogens with zero attached hydrogens (tertiary/aromatic N) is 1. The molecule has 3 N–H and O–H groups in total. The Morgan fingerprint density at radius 3 is 2.34 bits per heavy atom. The lowest BCUT2D eigenvalue weighted by Crippen LogP contribution is -2.43. The van der Waals surface area contributed by atoms with E-state index in [-0.39, 0.29) is 16.8 Å². The first-order chi connectivity index (χ1) is 15.2. The van der Waals surface area contributed by atoms with E-state index < -0.39 is 10.0 Å². The SMILES string of the molecule is COc1ccc(S(=O)(=O)Nc2cc(C(=O)NC(C)C)ccc2N2CCNCC2)cc1OC. The Bertz CT molecular complexity index is 1070. The Hall–Kier alpha value is -2.98. The summed E-state index contributed by atoms with van der Waals surface area (Å²) in [5.41, 5.74) is 1.44. The van der Waals surface area contributed by atoms with Crippen LogP contribution in [-0.4, -0.2) is 60.8 Å². The molecule has 0 aliphatic carbocycles. The quantitative estimate of drug-likeness (QED) is 0.551. The van der Waals surface area contributed by atoms with Crippen LogP contribution in [-0.2, 0) is 10.0 Å². The summed E-state index contributed by atoms with van der Waals surface area (Å²) >= 11 is 0. The molecule has 0 unspecified atom stereocenters. The van der Waals surface area contributed by atoms with Gasteiger partial charge in [-0.3, -0.25) is 9.52 Å². The van der Waals surface area contributed by atoms with Crippen LogP contribution in [0.4, 0.5) is 11.4 Å². The summed E-state index contributed by atoms with van der Waals surface area (Å²) in [6, 6.07) is 9.42. The lowest BCUT2D eigenvalue weighted by atomic mass is 10.1. The number of nitrogens with one attached hydrogen (secondary N) is 3. The second-order valence-corrected chi connectivity index (χ2v) is 9.40. The highest BCUT2D eigenvalue weighted by atomic mass is 32.2. The number of ether oxygens (including phenoxy) is 2. The van der Waals surface area contributed by atoms with Crippen molar-refractivity contribution >= 4 is 27.3 Å². The predicted molar refractivity (Wildman–Crippen MR) is 124 cm³/mol. The molecule has 2 aromatic rings. The molecule has 1 aliphatic heterocycles. The molecule has 0 atom stereocenters. The fraction of sp³-hybridized carbons (Fsp3) is 0.409. The first kappa shape index (κ1) is 23.7. The molecule has 0 radical (unpaired) electrons. The Morgan fingerprint density at radius 1 is 1.03 bits per heavy atom. The van der Waals surface area contributed by atoms with Gasteiger partial charge in [0.2, 0.25) is 0 Å². The van der Waals surface area contributed by atoms with Gasteiger partial charge in [-0.25, -0.2) is 8.42 Å². The summed E-state index contributed by atoms with van der Waals surface area (Å²) in [5, 5.41) is 6.12. The summed E-state index contributed by atoms with van der Waals surface area (Å²) < 4.78 is 39.6. The van der Waals surface area contributed by atoms with E-state index in [0.29, 0.717) is 22.7 Å². The van der Waals surface area contributed by atoms with E-state index >= 15 is 0 Å². The van der Waals surface area contributed by atoms with E-state index in [2.05, 4.69) is 20.3 Å². The minimum atomic E-state index is -3.96. The summed E-state index contributed by atoms with van der Waals surface area (Å²) in [7, 11) is -1.03. The number of anilines is 2. The van der Waals surface area contributed by atoms with Crippen molar-refractivity contribution in [3.05, 3.63) is 42.0 Å². The maximum atomic E-state index is 13.2. The van der Waals surface area contributed by atoms with Crippen molar-refractivity contribution in [1.29, 1.82) is 0 Å². The zero-order valence-electron chi connectivity index (χ0n) is 18.8. The minimum Gasteiger partial charge on any atom is -0.493 e. The fourth-order valence-corrected chi connectivity index (χ4v) is 4.55. The van der Waals surface area contributed by atoms with Gasteiger partial charge >= 0.3 is 0 Å². The Kier molecular flexibility index (Phi) is 7.47. The van der Waals surface area contributed by atoms with Crippen LogP contribution < -0.4 is 29.7 Å².